The first-order valence-electron chi connectivity index (χ1n) is 23.5. The van der Waals surface area contributed by atoms with Gasteiger partial charge in [-0.25, -0.2) is 0 Å². The summed E-state index contributed by atoms with van der Waals surface area (Å²) in [6, 6.07) is 22.7. The molecule has 3 aromatic carbocycles. The van der Waals surface area contributed by atoms with E-state index in [1.54, 1.807) is 7.11 Å². The van der Waals surface area contributed by atoms with E-state index in [-0.39, 0.29) is 71.9 Å². The van der Waals surface area contributed by atoms with Crippen LogP contribution in [0.25, 0.3) is 0 Å². The molecule has 0 spiro atoms. The van der Waals surface area contributed by atoms with E-state index >= 15 is 0 Å². The Hall–Kier alpha value is -2.86. The molecule has 0 aliphatic carbocycles. The molecule has 5 rings (SSSR count). The minimum Gasteiger partial charge on any atom is -0.497 e. The van der Waals surface area contributed by atoms with Crippen LogP contribution in [0, 0.1) is 50.4 Å². The lowest BCUT2D eigenvalue weighted by atomic mass is 9.73. The van der Waals surface area contributed by atoms with Crippen molar-refractivity contribution in [1.82, 2.24) is 0 Å². The number of benzene rings is 3. The Morgan fingerprint density at radius 3 is 1.97 bits per heavy atom. The Morgan fingerprint density at radius 2 is 1.40 bits per heavy atom. The van der Waals surface area contributed by atoms with E-state index in [0.29, 0.717) is 13.0 Å². The lowest BCUT2D eigenvalue weighted by Gasteiger charge is -2.54. The first kappa shape index (κ1) is 51.1. The van der Waals surface area contributed by atoms with Crippen molar-refractivity contribution in [1.29, 1.82) is 0 Å². The lowest BCUT2D eigenvalue weighted by molar-refractivity contribution is -0.315. The molecule has 2 aliphatic heterocycles. The van der Waals surface area contributed by atoms with Crippen LogP contribution in [-0.2, 0) is 39.5 Å². The van der Waals surface area contributed by atoms with Crippen LogP contribution in [0.4, 0.5) is 0 Å². The minimum atomic E-state index is -2.39. The number of hydrogen-bond acceptors (Lipinski definition) is 8. The second-order valence-electron chi connectivity index (χ2n) is 20.7. The van der Waals surface area contributed by atoms with Gasteiger partial charge in [-0.2, -0.15) is 0 Å². The van der Waals surface area contributed by atoms with Gasteiger partial charge in [-0.05, 0) is 93.4 Å². The van der Waals surface area contributed by atoms with E-state index < -0.39 is 26.5 Å². The van der Waals surface area contributed by atoms with Gasteiger partial charge in [-0.1, -0.05) is 129 Å². The predicted octanol–water partition coefficient (Wildman–Crippen LogP) is 13.4. The van der Waals surface area contributed by atoms with Crippen molar-refractivity contribution < 1.29 is 37.6 Å². The SMILES string of the molecule is C=C[C@H](C)[C@H]1O[C@@H](c2ccc(OC)cc2)O[C@@H]([C@@](C)(C[C@@H](C)[C@@H]2O[C@@H](c3c(C)cc(C)cc3C)O[C@@H]([C@@H](C)[C@@H](CC)OCOCc3ccccc3)[C@H]2C)O[Si](C)(C)C(C)(C)C)[C@H]1C. The summed E-state index contributed by atoms with van der Waals surface area (Å²) in [5.74, 6) is 1.000. The van der Waals surface area contributed by atoms with Crippen molar-refractivity contribution in [3.05, 3.63) is 113 Å². The van der Waals surface area contributed by atoms with E-state index in [1.807, 2.05) is 48.5 Å². The largest absolute Gasteiger partial charge is 0.497 e. The van der Waals surface area contributed by atoms with E-state index in [9.17, 15) is 0 Å². The number of methoxy groups -OCH3 is 1. The molecule has 350 valence electrons. The van der Waals surface area contributed by atoms with Crippen LogP contribution in [-0.4, -0.2) is 58.3 Å². The zero-order valence-electron chi connectivity index (χ0n) is 41.7. The molecular formula is C54H82O8Si. The summed E-state index contributed by atoms with van der Waals surface area (Å²) in [5.41, 5.74) is 6.03. The van der Waals surface area contributed by atoms with Gasteiger partial charge >= 0.3 is 0 Å². The molecule has 0 unspecified atom stereocenters. The van der Waals surface area contributed by atoms with E-state index in [0.717, 1.165) is 28.9 Å². The van der Waals surface area contributed by atoms with Crippen molar-refractivity contribution in [2.45, 2.75) is 176 Å². The van der Waals surface area contributed by atoms with Crippen LogP contribution >= 0.6 is 0 Å². The van der Waals surface area contributed by atoms with Crippen LogP contribution in [0.2, 0.25) is 18.1 Å². The molecule has 2 saturated heterocycles. The van der Waals surface area contributed by atoms with E-state index in [1.165, 1.54) is 16.7 Å². The highest BCUT2D eigenvalue weighted by Gasteiger charge is 2.55. The predicted molar refractivity (Wildman–Crippen MR) is 257 cm³/mol. The zero-order valence-corrected chi connectivity index (χ0v) is 42.7. The molecule has 8 nitrogen and oxygen atoms in total. The fourth-order valence-electron chi connectivity index (χ4n) is 10.2. The smallest absolute Gasteiger partial charge is 0.192 e. The maximum atomic E-state index is 7.75. The van der Waals surface area contributed by atoms with Gasteiger partial charge in [0.1, 0.15) is 12.5 Å². The van der Waals surface area contributed by atoms with Gasteiger partial charge in [0, 0.05) is 34.8 Å². The van der Waals surface area contributed by atoms with Gasteiger partial charge in [0.2, 0.25) is 0 Å². The highest BCUT2D eigenvalue weighted by Crippen LogP contribution is 2.50. The van der Waals surface area contributed by atoms with Crippen LogP contribution in [0.5, 0.6) is 5.75 Å². The van der Waals surface area contributed by atoms with Crippen molar-refractivity contribution in [3.8, 4) is 5.75 Å². The molecule has 0 radical (unpaired) electrons. The highest BCUT2D eigenvalue weighted by atomic mass is 28.4. The minimum absolute atomic E-state index is 0.00700. The van der Waals surface area contributed by atoms with E-state index in [2.05, 4.69) is 134 Å². The fourth-order valence-corrected chi connectivity index (χ4v) is 11.9. The van der Waals surface area contributed by atoms with Crippen LogP contribution < -0.4 is 4.74 Å². The monoisotopic (exact) mass is 887 g/mol. The van der Waals surface area contributed by atoms with Crippen LogP contribution in [0.1, 0.15) is 128 Å². The van der Waals surface area contributed by atoms with Gasteiger partial charge in [0.15, 0.2) is 20.9 Å². The average molecular weight is 887 g/mol. The molecule has 0 aromatic heterocycles. The summed E-state index contributed by atoms with van der Waals surface area (Å²) in [5, 5.41) is -0.0380. The maximum absolute atomic E-state index is 7.75. The number of ether oxygens (including phenoxy) is 7. The van der Waals surface area contributed by atoms with Crippen molar-refractivity contribution in [2.24, 2.45) is 29.6 Å². The fraction of sp³-hybridized carbons (Fsp3) is 0.630. The van der Waals surface area contributed by atoms with Gasteiger partial charge in [-0.15, -0.1) is 6.58 Å². The number of aryl methyl sites for hydroxylation is 3. The van der Waals surface area contributed by atoms with Gasteiger partial charge in [0.25, 0.3) is 0 Å². The molecule has 13 atom stereocenters. The topological polar surface area (TPSA) is 73.8 Å². The molecule has 0 saturated carbocycles. The van der Waals surface area contributed by atoms with Crippen molar-refractivity contribution in [2.75, 3.05) is 13.9 Å². The molecular weight excluding hydrogens is 805 g/mol. The van der Waals surface area contributed by atoms with Crippen LogP contribution in [0.15, 0.2) is 79.4 Å². The normalized spacial score (nSPS) is 27.5. The van der Waals surface area contributed by atoms with Crippen molar-refractivity contribution in [3.63, 3.8) is 0 Å². The lowest BCUT2D eigenvalue weighted by Crippen LogP contribution is -2.61. The highest BCUT2D eigenvalue weighted by molar-refractivity contribution is 6.74. The summed E-state index contributed by atoms with van der Waals surface area (Å²) in [7, 11) is -0.702. The summed E-state index contributed by atoms with van der Waals surface area (Å²) >= 11 is 0. The quantitative estimate of drug-likeness (QED) is 0.0510. The summed E-state index contributed by atoms with van der Waals surface area (Å²) in [4.78, 5) is 0. The molecule has 2 aliphatic rings. The molecule has 3 aromatic rings. The molecule has 0 bridgehead atoms. The maximum Gasteiger partial charge on any atom is 0.192 e. The first-order valence-corrected chi connectivity index (χ1v) is 26.4. The van der Waals surface area contributed by atoms with Gasteiger partial charge < -0.3 is 37.6 Å². The van der Waals surface area contributed by atoms with Crippen LogP contribution in [0.3, 0.4) is 0 Å². The second kappa shape index (κ2) is 21.6. The first-order chi connectivity index (χ1) is 29.6. The summed E-state index contributed by atoms with van der Waals surface area (Å²) < 4.78 is 54.4. The molecule has 2 fully saturated rings. The summed E-state index contributed by atoms with van der Waals surface area (Å²) in [6.45, 7) is 38.9. The molecule has 9 heteroatoms. The van der Waals surface area contributed by atoms with Crippen molar-refractivity contribution >= 4 is 8.32 Å². The molecule has 0 amide bonds. The number of hydrogen-bond donors (Lipinski definition) is 0. The average Bonchev–Trinajstić information content (AvgIpc) is 3.23. The standard InChI is InChI=1S/C54H82O8Si/c1-18-35(4)47-41(10)50(61-51(58-47)43-25-27-44(55-15)28-26-43)54(14,62-63(16,17)53(11,12)13)31-38(7)48-40(9)49(60-52(59-48)46-36(5)29-34(3)30-37(46)6)39(8)45(19-2)57-33-56-32-42-23-21-20-22-24-42/h18,20-30,35,38-41,45,47-52H,1,19,31-33H2,2-17H3/t35-,38+,39-,40-,41-,45+,47+,48-,49-,50+,51+,52+,54+/m0/s1. The third-order valence-corrected chi connectivity index (χ3v) is 19.2. The third-order valence-electron chi connectivity index (χ3n) is 14.6. The van der Waals surface area contributed by atoms with Gasteiger partial charge in [0.05, 0.1) is 49.8 Å². The van der Waals surface area contributed by atoms with Gasteiger partial charge in [-0.3, -0.25) is 0 Å². The molecule has 0 N–H and O–H groups in total. The molecule has 63 heavy (non-hydrogen) atoms. The summed E-state index contributed by atoms with van der Waals surface area (Å²) in [6.07, 6.45) is 1.54. The number of rotatable bonds is 19. The third kappa shape index (κ3) is 12.1. The Labute approximate surface area is 382 Å². The van der Waals surface area contributed by atoms with E-state index in [4.69, 9.17) is 37.6 Å². The Balaban J connectivity index is 1.52. The Morgan fingerprint density at radius 1 is 0.794 bits per heavy atom. The Kier molecular flexibility index (Phi) is 17.6. The Bertz CT molecular complexity index is 1870. The molecule has 2 heterocycles. The zero-order chi connectivity index (χ0) is 46.4. The second-order valence-corrected chi connectivity index (χ2v) is 25.4.